The van der Waals surface area contributed by atoms with Crippen LogP contribution in [0.5, 0.6) is 5.88 Å². The molecule has 5 rings (SSSR count). The molecule has 0 saturated heterocycles. The van der Waals surface area contributed by atoms with E-state index in [0.717, 1.165) is 12.8 Å². The molecule has 4 heterocycles. The van der Waals surface area contributed by atoms with Crippen molar-refractivity contribution in [2.75, 3.05) is 5.32 Å². The van der Waals surface area contributed by atoms with Gasteiger partial charge in [-0.3, -0.25) is 4.98 Å². The number of aromatic hydroxyl groups is 1. The fourth-order valence-corrected chi connectivity index (χ4v) is 2.81. The maximum absolute atomic E-state index is 11.4. The van der Waals surface area contributed by atoms with Gasteiger partial charge in [-0.1, -0.05) is 11.6 Å². The Balaban J connectivity index is 1.67. The molecule has 12 heteroatoms. The molecule has 1 aliphatic carbocycles. The smallest absolute Gasteiger partial charge is 0.326 e. The van der Waals surface area contributed by atoms with Gasteiger partial charge in [-0.15, -0.1) is 0 Å². The zero-order valence-corrected chi connectivity index (χ0v) is 15.6. The summed E-state index contributed by atoms with van der Waals surface area (Å²) in [5.41, 5.74) is 0.566. The van der Waals surface area contributed by atoms with Crippen LogP contribution in [0, 0.1) is 0 Å². The number of aromatic nitrogens is 7. The van der Waals surface area contributed by atoms with Gasteiger partial charge < -0.3 is 15.4 Å². The van der Waals surface area contributed by atoms with Crippen molar-refractivity contribution in [1.82, 2.24) is 34.5 Å². The van der Waals surface area contributed by atoms with Crippen LogP contribution in [0.3, 0.4) is 0 Å². The average molecular weight is 412 g/mol. The molecule has 4 N–H and O–H groups in total. The molecule has 4 aromatic heterocycles. The highest BCUT2D eigenvalue weighted by Gasteiger charge is 2.21. The standard InChI is InChI=1S/C17H14ClN9O2/c18-9-1-4-12(19-7-9)23-15-24-13-8(5-11-14(28)25-17(29)22-11)6-20-27(13)16(26-15)21-10-2-3-10/h1,4-7,10,28H,2-3H2,(H2,22,25,29)(H,19,21,23,26)/b8-5+. The maximum Gasteiger partial charge on any atom is 0.326 e. The van der Waals surface area contributed by atoms with Crippen LogP contribution in [0.4, 0.5) is 11.8 Å². The molecule has 0 aromatic carbocycles. The summed E-state index contributed by atoms with van der Waals surface area (Å²) >= 11 is 5.88. The second-order valence-electron chi connectivity index (χ2n) is 6.52. The first kappa shape index (κ1) is 17.4. The fourth-order valence-electron chi connectivity index (χ4n) is 2.70. The van der Waals surface area contributed by atoms with Gasteiger partial charge >= 0.3 is 5.69 Å². The minimum absolute atomic E-state index is 0.219. The monoisotopic (exact) mass is 411 g/mol. The second kappa shape index (κ2) is 6.71. The van der Waals surface area contributed by atoms with Gasteiger partial charge in [-0.25, -0.2) is 14.8 Å². The summed E-state index contributed by atoms with van der Waals surface area (Å²) < 4.78 is 1.52. The molecule has 0 aliphatic heterocycles. The lowest BCUT2D eigenvalue weighted by Gasteiger charge is -2.04. The summed E-state index contributed by atoms with van der Waals surface area (Å²) in [5, 5.41) is 18.3. The summed E-state index contributed by atoms with van der Waals surface area (Å²) in [6.07, 6.45) is 6.65. The topological polar surface area (TPSA) is 149 Å². The van der Waals surface area contributed by atoms with Crippen LogP contribution in [0.1, 0.15) is 18.5 Å². The molecule has 146 valence electrons. The number of nitrogens with one attached hydrogen (secondary N) is 3. The number of imidazole rings is 1. The Kier molecular flexibility index (Phi) is 4.02. The lowest BCUT2D eigenvalue weighted by atomic mass is 10.3. The number of nitrogens with zero attached hydrogens (tertiary/aromatic N) is 6. The van der Waals surface area contributed by atoms with E-state index in [0.29, 0.717) is 27.3 Å². The lowest BCUT2D eigenvalue weighted by molar-refractivity contribution is 0.454. The minimum atomic E-state index is -0.513. The zero-order valence-electron chi connectivity index (χ0n) is 14.8. The van der Waals surface area contributed by atoms with Gasteiger partial charge in [0.2, 0.25) is 11.8 Å². The van der Waals surface area contributed by atoms with E-state index < -0.39 is 5.69 Å². The van der Waals surface area contributed by atoms with Gasteiger partial charge in [0.1, 0.15) is 11.5 Å². The van der Waals surface area contributed by atoms with Crippen LogP contribution in [0.2, 0.25) is 5.02 Å². The molecule has 0 radical (unpaired) electrons. The molecule has 1 aliphatic rings. The van der Waals surface area contributed by atoms with Gasteiger partial charge in [-0.2, -0.15) is 19.6 Å². The van der Waals surface area contributed by atoms with E-state index in [9.17, 15) is 9.90 Å². The highest BCUT2D eigenvalue weighted by atomic mass is 35.5. The molecular formula is C17H14ClN9O2. The second-order valence-corrected chi connectivity index (χ2v) is 6.95. The van der Waals surface area contributed by atoms with E-state index in [1.807, 2.05) is 0 Å². The van der Waals surface area contributed by atoms with Crippen molar-refractivity contribution in [3.05, 3.63) is 56.6 Å². The number of fused-ring (bicyclic) bond motifs is 1. The molecule has 0 bridgehead atoms. The highest BCUT2D eigenvalue weighted by molar-refractivity contribution is 6.30. The van der Waals surface area contributed by atoms with Crippen LogP contribution in [0.15, 0.2) is 34.3 Å². The first-order valence-electron chi connectivity index (χ1n) is 8.76. The normalized spacial score (nSPS) is 15.3. The van der Waals surface area contributed by atoms with Crippen LogP contribution < -0.4 is 21.8 Å². The summed E-state index contributed by atoms with van der Waals surface area (Å²) in [6, 6.07) is 3.63. The van der Waals surface area contributed by atoms with Gasteiger partial charge in [-0.05, 0) is 31.1 Å². The quantitative estimate of drug-likeness (QED) is 0.376. The molecule has 4 aromatic rings. The third-order valence-electron chi connectivity index (χ3n) is 4.23. The Morgan fingerprint density at radius 3 is 2.83 bits per heavy atom. The number of hydrogen-bond acceptors (Lipinski definition) is 8. The maximum atomic E-state index is 11.4. The van der Waals surface area contributed by atoms with Crippen molar-refractivity contribution in [2.24, 2.45) is 4.99 Å². The van der Waals surface area contributed by atoms with E-state index in [4.69, 9.17) is 11.6 Å². The number of pyridine rings is 1. The first-order valence-corrected chi connectivity index (χ1v) is 9.14. The van der Waals surface area contributed by atoms with Crippen LogP contribution in [-0.4, -0.2) is 45.7 Å². The van der Waals surface area contributed by atoms with Crippen molar-refractivity contribution in [2.45, 2.75) is 18.9 Å². The van der Waals surface area contributed by atoms with E-state index in [1.165, 1.54) is 10.7 Å². The number of aromatic amines is 2. The summed E-state index contributed by atoms with van der Waals surface area (Å²) in [4.78, 5) is 33.9. The largest absolute Gasteiger partial charge is 0.493 e. The van der Waals surface area contributed by atoms with E-state index in [2.05, 4.69) is 40.3 Å². The Labute approximate surface area is 166 Å². The third kappa shape index (κ3) is 3.55. The zero-order chi connectivity index (χ0) is 20.0. The van der Waals surface area contributed by atoms with Gasteiger partial charge in [0.15, 0.2) is 5.65 Å². The Morgan fingerprint density at radius 1 is 1.28 bits per heavy atom. The number of H-pyrrole nitrogens is 2. The summed E-state index contributed by atoms with van der Waals surface area (Å²) in [7, 11) is 0. The summed E-state index contributed by atoms with van der Waals surface area (Å²) in [6.45, 7) is 0. The van der Waals surface area contributed by atoms with Gasteiger partial charge in [0.05, 0.1) is 17.3 Å². The van der Waals surface area contributed by atoms with Gasteiger partial charge in [0.25, 0.3) is 5.62 Å². The molecule has 0 amide bonds. The van der Waals surface area contributed by atoms with E-state index in [-0.39, 0.29) is 23.6 Å². The van der Waals surface area contributed by atoms with Crippen LogP contribution >= 0.6 is 11.6 Å². The van der Waals surface area contributed by atoms with Crippen molar-refractivity contribution in [3.63, 3.8) is 0 Å². The molecule has 11 nitrogen and oxygen atoms in total. The molecule has 29 heavy (non-hydrogen) atoms. The molecule has 0 unspecified atom stereocenters. The number of rotatable bonds is 4. The molecule has 0 atom stereocenters. The molecule has 1 fully saturated rings. The fraction of sp³-hybridized carbons (Fsp3) is 0.176. The predicted molar refractivity (Wildman–Crippen MR) is 104 cm³/mol. The van der Waals surface area contributed by atoms with Crippen molar-refractivity contribution in [1.29, 1.82) is 0 Å². The number of halogens is 1. The van der Waals surface area contributed by atoms with Crippen LogP contribution in [-0.2, 0) is 0 Å². The van der Waals surface area contributed by atoms with Crippen LogP contribution in [0.25, 0.3) is 11.7 Å². The third-order valence-corrected chi connectivity index (χ3v) is 4.45. The van der Waals surface area contributed by atoms with E-state index in [1.54, 1.807) is 24.4 Å². The van der Waals surface area contributed by atoms with Crippen molar-refractivity contribution >= 4 is 35.1 Å². The first-order chi connectivity index (χ1) is 14.0. The average Bonchev–Trinajstić information content (AvgIpc) is 3.33. The predicted octanol–water partition coefficient (Wildman–Crippen LogP) is 0.249. The summed E-state index contributed by atoms with van der Waals surface area (Å²) in [5.74, 6) is 0.539. The SMILES string of the molecule is O=c1[nH]c(O)c(/C=c2\cnn3c(=NC4CC4)nc(Nc4ccc(Cl)cn4)nc23)[nH]1. The number of hydrogen-bond donors (Lipinski definition) is 4. The van der Waals surface area contributed by atoms with E-state index >= 15 is 0 Å². The highest BCUT2D eigenvalue weighted by Crippen LogP contribution is 2.22. The van der Waals surface area contributed by atoms with Crippen molar-refractivity contribution in [3.8, 4) is 5.88 Å². The van der Waals surface area contributed by atoms with Gasteiger partial charge in [0, 0.05) is 11.4 Å². The Morgan fingerprint density at radius 2 is 2.14 bits per heavy atom. The number of anilines is 2. The Bertz CT molecular complexity index is 1380. The Hall–Kier alpha value is -3.73. The van der Waals surface area contributed by atoms with Crippen molar-refractivity contribution < 1.29 is 5.11 Å². The molecule has 0 spiro atoms. The molecular weight excluding hydrogens is 398 g/mol. The lowest BCUT2D eigenvalue weighted by Crippen LogP contribution is -2.24. The molecule has 1 saturated carbocycles. The minimum Gasteiger partial charge on any atom is -0.493 e.